The van der Waals surface area contributed by atoms with Crippen molar-refractivity contribution in [1.29, 1.82) is 0 Å². The predicted octanol–water partition coefficient (Wildman–Crippen LogP) is 3.79. The molecule has 4 rings (SSSR count). The Morgan fingerprint density at radius 1 is 1.03 bits per heavy atom. The van der Waals surface area contributed by atoms with Gasteiger partial charge >= 0.3 is 5.97 Å². The summed E-state index contributed by atoms with van der Waals surface area (Å²) in [5.74, 6) is 0.0178. The summed E-state index contributed by atoms with van der Waals surface area (Å²) in [6.07, 6.45) is 2.68. The largest absolute Gasteiger partial charge is 0.452 e. The lowest BCUT2D eigenvalue weighted by Crippen LogP contribution is -2.30. The number of hydrogen-bond donors (Lipinski definition) is 1. The van der Waals surface area contributed by atoms with Crippen LogP contribution in [-0.2, 0) is 22.4 Å². The fraction of sp³-hybridized carbons (Fsp3) is 0.261. The number of ether oxygens (including phenoxy) is 1. The van der Waals surface area contributed by atoms with Gasteiger partial charge in [-0.05, 0) is 43.0 Å². The van der Waals surface area contributed by atoms with E-state index in [9.17, 15) is 9.59 Å². The maximum Gasteiger partial charge on any atom is 0.339 e. The summed E-state index contributed by atoms with van der Waals surface area (Å²) in [5, 5.41) is 3.59. The zero-order valence-electron chi connectivity index (χ0n) is 16.0. The highest BCUT2D eigenvalue weighted by molar-refractivity contribution is 7.99. The van der Waals surface area contributed by atoms with Gasteiger partial charge in [-0.25, -0.2) is 4.79 Å². The highest BCUT2D eigenvalue weighted by Gasteiger charge is 2.25. The Morgan fingerprint density at radius 2 is 1.83 bits per heavy atom. The fourth-order valence-electron chi connectivity index (χ4n) is 3.57. The lowest BCUT2D eigenvalue weighted by Gasteiger charge is -2.12. The van der Waals surface area contributed by atoms with E-state index in [0.29, 0.717) is 12.1 Å². The maximum absolute atomic E-state index is 12.8. The van der Waals surface area contributed by atoms with E-state index in [-0.39, 0.29) is 12.5 Å². The molecule has 0 aliphatic heterocycles. The lowest BCUT2D eigenvalue weighted by atomic mass is 10.0. The van der Waals surface area contributed by atoms with Gasteiger partial charge in [0.1, 0.15) is 0 Å². The second kappa shape index (κ2) is 9.09. The second-order valence-corrected chi connectivity index (χ2v) is 8.04. The van der Waals surface area contributed by atoms with Crippen LogP contribution in [0.5, 0.6) is 0 Å². The predicted molar refractivity (Wildman–Crippen MR) is 114 cm³/mol. The van der Waals surface area contributed by atoms with Gasteiger partial charge < -0.3 is 10.1 Å². The molecule has 1 aromatic heterocycles. The topological polar surface area (TPSA) is 68.3 Å². The van der Waals surface area contributed by atoms with Crippen LogP contribution < -0.4 is 5.32 Å². The van der Waals surface area contributed by atoms with Crippen LogP contribution in [0.4, 0.5) is 0 Å². The SMILES string of the molecule is O=C(COC(=O)c1c2c(nc3ccccc13)CCC2)NCCSc1ccccc1. The molecule has 0 atom stereocenters. The van der Waals surface area contributed by atoms with Gasteiger partial charge in [0.2, 0.25) is 0 Å². The number of hydrogen-bond acceptors (Lipinski definition) is 5. The Hall–Kier alpha value is -2.86. The molecular formula is C23H22N2O3S. The molecule has 3 aromatic rings. The summed E-state index contributed by atoms with van der Waals surface area (Å²) in [4.78, 5) is 30.7. The van der Waals surface area contributed by atoms with Crippen molar-refractivity contribution in [1.82, 2.24) is 10.3 Å². The van der Waals surface area contributed by atoms with Crippen molar-refractivity contribution in [2.75, 3.05) is 18.9 Å². The number of carbonyl (C=O) groups excluding carboxylic acids is 2. The molecule has 5 nitrogen and oxygen atoms in total. The normalized spacial score (nSPS) is 12.6. The third-order valence-electron chi connectivity index (χ3n) is 4.89. The van der Waals surface area contributed by atoms with Gasteiger partial charge in [-0.2, -0.15) is 0 Å². The summed E-state index contributed by atoms with van der Waals surface area (Å²) in [6.45, 7) is 0.240. The monoisotopic (exact) mass is 406 g/mol. The molecule has 1 N–H and O–H groups in total. The Bertz CT molecular complexity index is 1040. The number of amides is 1. The molecule has 0 spiro atoms. The zero-order chi connectivity index (χ0) is 20.1. The van der Waals surface area contributed by atoms with E-state index in [1.54, 1.807) is 11.8 Å². The van der Waals surface area contributed by atoms with Crippen molar-refractivity contribution in [3.8, 4) is 0 Å². The third-order valence-corrected chi connectivity index (χ3v) is 5.91. The summed E-state index contributed by atoms with van der Waals surface area (Å²) >= 11 is 1.67. The maximum atomic E-state index is 12.8. The average molecular weight is 407 g/mol. The smallest absolute Gasteiger partial charge is 0.339 e. The molecule has 0 unspecified atom stereocenters. The molecule has 2 aromatic carbocycles. The van der Waals surface area contributed by atoms with Crippen molar-refractivity contribution >= 4 is 34.5 Å². The summed E-state index contributed by atoms with van der Waals surface area (Å²) in [7, 11) is 0. The first kappa shape index (κ1) is 19.5. The minimum absolute atomic E-state index is 0.278. The Balaban J connectivity index is 1.34. The molecule has 29 heavy (non-hydrogen) atoms. The molecule has 1 amide bonds. The molecule has 1 aliphatic carbocycles. The van der Waals surface area contributed by atoms with Gasteiger partial charge in [-0.15, -0.1) is 11.8 Å². The molecule has 6 heteroatoms. The number of carbonyl (C=O) groups is 2. The number of para-hydroxylation sites is 1. The molecule has 0 fully saturated rings. The minimum atomic E-state index is -0.449. The number of nitrogens with one attached hydrogen (secondary N) is 1. The van der Waals surface area contributed by atoms with E-state index in [1.807, 2.05) is 54.6 Å². The number of aryl methyl sites for hydroxylation is 1. The van der Waals surface area contributed by atoms with E-state index >= 15 is 0 Å². The Kier molecular flexibility index (Phi) is 6.10. The van der Waals surface area contributed by atoms with Crippen LogP contribution in [0.15, 0.2) is 59.5 Å². The van der Waals surface area contributed by atoms with Crippen LogP contribution in [0.2, 0.25) is 0 Å². The van der Waals surface area contributed by atoms with Crippen LogP contribution in [-0.4, -0.2) is 35.8 Å². The van der Waals surface area contributed by atoms with E-state index < -0.39 is 5.97 Å². The van der Waals surface area contributed by atoms with Crippen LogP contribution in [0.3, 0.4) is 0 Å². The van der Waals surface area contributed by atoms with Crippen molar-refractivity contribution in [2.24, 2.45) is 0 Å². The zero-order valence-corrected chi connectivity index (χ0v) is 16.8. The number of thioether (sulfide) groups is 1. The molecule has 0 saturated heterocycles. The second-order valence-electron chi connectivity index (χ2n) is 6.87. The molecule has 1 heterocycles. The summed E-state index contributed by atoms with van der Waals surface area (Å²) in [6, 6.07) is 17.6. The first-order valence-electron chi connectivity index (χ1n) is 9.74. The standard InChI is InChI=1S/C23H22N2O3S/c26-21(24-13-14-29-16-7-2-1-3-8-16)15-28-23(27)22-17-9-4-5-11-19(17)25-20-12-6-10-18(20)22/h1-5,7-9,11H,6,10,12-15H2,(H,24,26). The number of pyridine rings is 1. The van der Waals surface area contributed by atoms with Gasteiger partial charge in [0.15, 0.2) is 6.61 Å². The number of esters is 1. The Labute approximate surface area is 173 Å². The van der Waals surface area contributed by atoms with Gasteiger partial charge in [0, 0.05) is 28.3 Å². The highest BCUT2D eigenvalue weighted by atomic mass is 32.2. The molecule has 0 bridgehead atoms. The van der Waals surface area contributed by atoms with Crippen molar-refractivity contribution in [3.63, 3.8) is 0 Å². The summed E-state index contributed by atoms with van der Waals surface area (Å²) in [5.41, 5.74) is 3.30. The first-order chi connectivity index (χ1) is 14.2. The molecule has 0 radical (unpaired) electrons. The van der Waals surface area contributed by atoms with Crippen molar-refractivity contribution in [3.05, 3.63) is 71.4 Å². The van der Waals surface area contributed by atoms with E-state index in [2.05, 4.69) is 10.3 Å². The molecule has 148 valence electrons. The van der Waals surface area contributed by atoms with Crippen LogP contribution >= 0.6 is 11.8 Å². The number of aromatic nitrogens is 1. The third kappa shape index (κ3) is 4.59. The van der Waals surface area contributed by atoms with E-state index in [0.717, 1.165) is 52.1 Å². The first-order valence-corrected chi connectivity index (χ1v) is 10.7. The van der Waals surface area contributed by atoms with Gasteiger partial charge in [0.05, 0.1) is 11.1 Å². The van der Waals surface area contributed by atoms with Crippen LogP contribution in [0.25, 0.3) is 10.9 Å². The highest BCUT2D eigenvalue weighted by Crippen LogP contribution is 2.30. The van der Waals surface area contributed by atoms with Gasteiger partial charge in [-0.3, -0.25) is 9.78 Å². The van der Waals surface area contributed by atoms with Crippen LogP contribution in [0, 0.1) is 0 Å². The van der Waals surface area contributed by atoms with Crippen molar-refractivity contribution < 1.29 is 14.3 Å². The van der Waals surface area contributed by atoms with Gasteiger partial charge in [0.25, 0.3) is 5.91 Å². The quantitative estimate of drug-likeness (QED) is 0.367. The number of benzene rings is 2. The summed E-state index contributed by atoms with van der Waals surface area (Å²) < 4.78 is 5.35. The molecule has 1 aliphatic rings. The fourth-order valence-corrected chi connectivity index (χ4v) is 4.36. The van der Waals surface area contributed by atoms with E-state index in [1.165, 1.54) is 0 Å². The molecule has 0 saturated carbocycles. The average Bonchev–Trinajstić information content (AvgIpc) is 3.22. The minimum Gasteiger partial charge on any atom is -0.452 e. The van der Waals surface area contributed by atoms with Crippen LogP contribution in [0.1, 0.15) is 28.0 Å². The number of nitrogens with zero attached hydrogens (tertiary/aromatic N) is 1. The molecular weight excluding hydrogens is 384 g/mol. The van der Waals surface area contributed by atoms with Crippen molar-refractivity contribution in [2.45, 2.75) is 24.2 Å². The van der Waals surface area contributed by atoms with E-state index in [4.69, 9.17) is 4.74 Å². The number of rotatable bonds is 7. The lowest BCUT2D eigenvalue weighted by molar-refractivity contribution is -0.124. The number of fused-ring (bicyclic) bond motifs is 2. The Morgan fingerprint density at radius 3 is 2.69 bits per heavy atom. The van der Waals surface area contributed by atoms with Gasteiger partial charge in [-0.1, -0.05) is 36.4 Å².